The fourth-order valence-corrected chi connectivity index (χ4v) is 6.69. The second-order valence-electron chi connectivity index (χ2n) is 7.85. The van der Waals surface area contributed by atoms with Crippen LogP contribution in [-0.2, 0) is 139 Å². The van der Waals surface area contributed by atoms with Crippen molar-refractivity contribution in [3.63, 3.8) is 0 Å². The summed E-state index contributed by atoms with van der Waals surface area (Å²) >= 11 is -28.9. The standard InChI is InChI=1S/C12H22O27S8.8Na/c13-40(14)29-1-4-6(35-43(19)20)8(37-45(23)24)9(38-46(25)26)11(32-4)34-12(3-31-42(17)18)10(39-47(27)28)7(36-44(21)22)5(33-12)2-30-41(15)16;;;;;;;;/h4-11H,1-3H2,(H,13,14)(H,15,16)(H,17,18)(H,19,20)(H,21,22)(H,23,24)(H,25,26)(H,27,28);;;;;;;;/q;8*+1/p-8/t4-,5-,6-,7-,8+,9-,10+,11-,12+;;;;;;;;/m1......../s1. The first-order valence-electron chi connectivity index (χ1n) is 10.9. The van der Waals surface area contributed by atoms with Crippen LogP contribution in [0.1, 0.15) is 0 Å². The van der Waals surface area contributed by atoms with Gasteiger partial charge >= 0.3 is 236 Å². The molecule has 2 aliphatic rings. The predicted molar refractivity (Wildman–Crippen MR) is 131 cm³/mol. The summed E-state index contributed by atoms with van der Waals surface area (Å²) in [5.74, 6) is -3.30. The molecule has 0 bridgehead atoms. The van der Waals surface area contributed by atoms with E-state index < -0.39 is 166 Å². The summed E-state index contributed by atoms with van der Waals surface area (Å²) in [5.41, 5.74) is 0. The van der Waals surface area contributed by atoms with Gasteiger partial charge in [0.1, 0.15) is 37.1 Å². The van der Waals surface area contributed by atoms with E-state index in [9.17, 15) is 70.1 Å². The maximum atomic E-state index is 11.6. The normalized spacial score (nSPS) is 31.3. The van der Waals surface area contributed by atoms with Gasteiger partial charge in [0.25, 0.3) is 0 Å². The van der Waals surface area contributed by atoms with Crippen molar-refractivity contribution in [2.75, 3.05) is 19.8 Å². The molecule has 0 N–H and O–H groups in total. The van der Waals surface area contributed by atoms with Crippen LogP contribution in [0.5, 0.6) is 0 Å². The summed E-state index contributed by atoms with van der Waals surface area (Å²) in [6.45, 7) is -4.25. The van der Waals surface area contributed by atoms with Crippen LogP contribution < -0.4 is 236 Å². The van der Waals surface area contributed by atoms with Gasteiger partial charge in [-0.25, -0.2) is 33.7 Å². The van der Waals surface area contributed by atoms with E-state index in [0.29, 0.717) is 0 Å². The van der Waals surface area contributed by atoms with Crippen molar-refractivity contribution in [3.05, 3.63) is 0 Å². The van der Waals surface area contributed by atoms with Crippen LogP contribution in [0.3, 0.4) is 0 Å². The molecule has 0 aromatic heterocycles. The van der Waals surface area contributed by atoms with E-state index in [1.165, 1.54) is 0 Å². The molecule has 2 fully saturated rings. The van der Waals surface area contributed by atoms with E-state index in [0.717, 1.165) is 0 Å². The molecule has 0 spiro atoms. The van der Waals surface area contributed by atoms with Crippen LogP contribution in [0.15, 0.2) is 0 Å². The molecule has 0 aromatic carbocycles. The Hall–Kier alpha value is 8.44. The van der Waals surface area contributed by atoms with E-state index in [2.05, 4.69) is 33.5 Å². The van der Waals surface area contributed by atoms with E-state index in [1.807, 2.05) is 0 Å². The van der Waals surface area contributed by atoms with Gasteiger partial charge < -0.3 is 50.6 Å². The van der Waals surface area contributed by atoms with Crippen LogP contribution in [0.4, 0.5) is 0 Å². The van der Waals surface area contributed by atoms with Gasteiger partial charge in [0.05, 0.1) is 104 Å². The molecule has 2 saturated heterocycles. The first-order valence-corrected chi connectivity index (χ1v) is 18.9. The van der Waals surface area contributed by atoms with Crippen LogP contribution in [-0.4, -0.2) is 145 Å². The number of ether oxygens (including phenoxy) is 3. The van der Waals surface area contributed by atoms with Gasteiger partial charge in [0, 0.05) is 0 Å². The molecule has 2 rings (SSSR count). The first kappa shape index (κ1) is 77.6. The van der Waals surface area contributed by atoms with Crippen molar-refractivity contribution in [3.8, 4) is 0 Å². The Balaban J connectivity index is -0.000000576. The molecule has 2 aliphatic heterocycles. The van der Waals surface area contributed by atoms with E-state index in [4.69, 9.17) is 14.2 Å². The first-order chi connectivity index (χ1) is 21.8. The van der Waals surface area contributed by atoms with Crippen molar-refractivity contribution in [2.24, 2.45) is 0 Å². The molecule has 280 valence electrons. The Morgan fingerprint density at radius 2 is 0.800 bits per heavy atom. The minimum atomic E-state index is -3.77. The second kappa shape index (κ2) is 40.3. The number of hydrogen-bond donors (Lipinski definition) is 0. The Bertz CT molecular complexity index is 1270. The fraction of sp³-hybridized carbons (Fsp3) is 1.00. The molecular formula is C12H14Na8O27S8. The summed E-state index contributed by atoms with van der Waals surface area (Å²) in [5, 5.41) is 0. The molecule has 0 amide bonds. The molecule has 17 atom stereocenters. The molecule has 2 heterocycles. The smallest absolute Gasteiger partial charge is 0.750 e. The van der Waals surface area contributed by atoms with Crippen LogP contribution >= 0.6 is 0 Å². The Morgan fingerprint density at radius 1 is 0.436 bits per heavy atom. The quantitative estimate of drug-likeness (QED) is 0.0761. The molecule has 43 heteroatoms. The predicted octanol–water partition coefficient (Wildman–Crippen LogP) is -30.8. The van der Waals surface area contributed by atoms with Crippen molar-refractivity contribution < 1.29 is 354 Å². The Morgan fingerprint density at radius 3 is 1.20 bits per heavy atom. The SMILES string of the molecule is O=S([O-])OC[C@H]1O[C@@](COS(=O)[O-])(O[C@H]2O[C@H](COS(=O)[O-])[C@@H](OS(=O)[O-])[C@H](OS(=O)[O-])[C@H]2OS(=O)[O-])[C@@H](OS(=O)[O-])[C@@H]1OS(=O)[O-].[Na+].[Na+].[Na+].[Na+].[Na+].[Na+].[Na+].[Na+]. The van der Waals surface area contributed by atoms with Gasteiger partial charge in [-0.1, -0.05) is 0 Å². The third kappa shape index (κ3) is 29.2. The van der Waals surface area contributed by atoms with Crippen molar-refractivity contribution >= 4 is 90.9 Å². The minimum absolute atomic E-state index is 0. The maximum Gasteiger partial charge on any atom is 1.00 e. The average molecular weight is 1030 g/mol. The summed E-state index contributed by atoms with van der Waals surface area (Å²) in [6.07, 6.45) is -19.7. The van der Waals surface area contributed by atoms with Gasteiger partial charge in [-0.3, -0.25) is 33.5 Å². The zero-order chi connectivity index (χ0) is 35.6. The van der Waals surface area contributed by atoms with E-state index in [1.54, 1.807) is 0 Å². The van der Waals surface area contributed by atoms with Crippen LogP contribution in [0.2, 0.25) is 0 Å². The maximum absolute atomic E-state index is 11.6. The number of hydrogen-bond acceptors (Lipinski definition) is 27. The molecule has 27 nitrogen and oxygen atoms in total. The van der Waals surface area contributed by atoms with Crippen molar-refractivity contribution in [1.82, 2.24) is 0 Å². The molecule has 0 radical (unpaired) electrons. The van der Waals surface area contributed by atoms with Gasteiger partial charge in [-0.2, -0.15) is 0 Å². The molecule has 0 aromatic rings. The minimum Gasteiger partial charge on any atom is -0.750 e. The van der Waals surface area contributed by atoms with Gasteiger partial charge in [-0.15, -0.1) is 0 Å². The van der Waals surface area contributed by atoms with Gasteiger partial charge in [0.2, 0.25) is 5.79 Å². The molecule has 55 heavy (non-hydrogen) atoms. The Labute approximate surface area is 509 Å². The molecule has 0 saturated carbocycles. The third-order valence-corrected chi connectivity index (χ3v) is 8.16. The monoisotopic (exact) mass is 1030 g/mol. The van der Waals surface area contributed by atoms with Crippen molar-refractivity contribution in [1.29, 1.82) is 0 Å². The number of rotatable bonds is 21. The fourth-order valence-electron chi connectivity index (χ4n) is 3.91. The van der Waals surface area contributed by atoms with E-state index in [-0.39, 0.29) is 236 Å². The molecular weight excluding hydrogens is 1020 g/mol. The van der Waals surface area contributed by atoms with Gasteiger partial charge in [0.15, 0.2) is 18.5 Å². The Kier molecular flexibility index (Phi) is 56.9. The van der Waals surface area contributed by atoms with Crippen LogP contribution in [0, 0.1) is 0 Å². The zero-order valence-electron chi connectivity index (χ0n) is 29.5. The second-order valence-corrected chi connectivity index (χ2v) is 12.8. The molecule has 8 unspecified atom stereocenters. The summed E-state index contributed by atoms with van der Waals surface area (Å²) in [6, 6.07) is 0. The average Bonchev–Trinajstić information content (AvgIpc) is 3.18. The van der Waals surface area contributed by atoms with Crippen LogP contribution in [0.25, 0.3) is 0 Å². The zero-order valence-corrected chi connectivity index (χ0v) is 52.1. The van der Waals surface area contributed by atoms with E-state index >= 15 is 0 Å². The molecule has 0 aliphatic carbocycles. The van der Waals surface area contributed by atoms with Gasteiger partial charge in [-0.05, 0) is 0 Å². The third-order valence-electron chi connectivity index (χ3n) is 5.31. The topological polar surface area (TPSA) is 423 Å². The van der Waals surface area contributed by atoms with Crippen molar-refractivity contribution in [2.45, 2.75) is 54.8 Å². The summed E-state index contributed by atoms with van der Waals surface area (Å²) < 4.78 is 233. The summed E-state index contributed by atoms with van der Waals surface area (Å²) in [7, 11) is 0. The summed E-state index contributed by atoms with van der Waals surface area (Å²) in [4.78, 5) is 0. The largest absolute Gasteiger partial charge is 1.00 e.